The predicted octanol–water partition coefficient (Wildman–Crippen LogP) is 2.25. The van der Waals surface area contributed by atoms with Crippen LogP contribution >= 0.6 is 0 Å². The Morgan fingerprint density at radius 3 is 1.88 bits per heavy atom. The first kappa shape index (κ1) is 16.9. The first-order valence-corrected chi connectivity index (χ1v) is 7.89. The lowest BCUT2D eigenvalue weighted by Crippen LogP contribution is -2.51. The van der Waals surface area contributed by atoms with Gasteiger partial charge in [0.15, 0.2) is 0 Å². The fourth-order valence-corrected chi connectivity index (χ4v) is 2.68. The van der Waals surface area contributed by atoms with Gasteiger partial charge in [0.2, 0.25) is 0 Å². The van der Waals surface area contributed by atoms with Gasteiger partial charge in [-0.05, 0) is 48.5 Å². The molecule has 3 rings (SSSR count). The number of piperazine rings is 1. The van der Waals surface area contributed by atoms with E-state index < -0.39 is 17.6 Å². The van der Waals surface area contributed by atoms with Crippen LogP contribution in [-0.4, -0.2) is 42.9 Å². The summed E-state index contributed by atoms with van der Waals surface area (Å²) in [5.74, 6) is -2.08. The van der Waals surface area contributed by atoms with Gasteiger partial charge in [0.05, 0.1) is 0 Å². The van der Waals surface area contributed by atoms with E-state index in [1.807, 2.05) is 4.90 Å². The Bertz CT molecular complexity index is 755. The Labute approximate surface area is 143 Å². The van der Waals surface area contributed by atoms with Crippen LogP contribution in [0, 0.1) is 11.6 Å². The number of hydrogen-bond acceptors (Lipinski definition) is 3. The SMILES string of the molecule is O=C(Nc1ccc(F)cc1)C(=O)N1CCN(c2ccc(F)cc2)CC1. The van der Waals surface area contributed by atoms with Gasteiger partial charge in [0.1, 0.15) is 11.6 Å². The molecule has 2 aromatic carbocycles. The van der Waals surface area contributed by atoms with Crippen molar-refractivity contribution >= 4 is 23.2 Å². The summed E-state index contributed by atoms with van der Waals surface area (Å²) in [4.78, 5) is 27.8. The molecular weight excluding hydrogens is 328 g/mol. The van der Waals surface area contributed by atoms with Gasteiger partial charge in [-0.3, -0.25) is 9.59 Å². The monoisotopic (exact) mass is 345 g/mol. The largest absolute Gasteiger partial charge is 0.368 e. The molecule has 0 aliphatic carbocycles. The van der Waals surface area contributed by atoms with Crippen LogP contribution in [0.1, 0.15) is 0 Å². The molecule has 0 bridgehead atoms. The van der Waals surface area contributed by atoms with Gasteiger partial charge in [-0.1, -0.05) is 0 Å². The van der Waals surface area contributed by atoms with Gasteiger partial charge >= 0.3 is 11.8 Å². The second-order valence-corrected chi connectivity index (χ2v) is 5.72. The Hall–Kier alpha value is -2.96. The second kappa shape index (κ2) is 7.29. The normalized spacial score (nSPS) is 14.3. The van der Waals surface area contributed by atoms with Crippen LogP contribution in [-0.2, 0) is 9.59 Å². The molecule has 1 aliphatic heterocycles. The maximum absolute atomic E-state index is 13.0. The molecule has 1 aliphatic rings. The summed E-state index contributed by atoms with van der Waals surface area (Å²) >= 11 is 0. The van der Waals surface area contributed by atoms with Crippen LogP contribution in [0.2, 0.25) is 0 Å². The Morgan fingerprint density at radius 2 is 1.32 bits per heavy atom. The minimum Gasteiger partial charge on any atom is -0.368 e. The standard InChI is InChI=1S/C18H17F2N3O2/c19-13-1-5-15(6-2-13)21-17(24)18(25)23-11-9-22(10-12-23)16-7-3-14(20)4-8-16/h1-8H,9-12H2,(H,21,24). The van der Waals surface area contributed by atoms with Crippen LogP contribution < -0.4 is 10.2 Å². The molecule has 130 valence electrons. The lowest BCUT2D eigenvalue weighted by molar-refractivity contribution is -0.143. The van der Waals surface area contributed by atoms with Crippen molar-refractivity contribution in [3.8, 4) is 0 Å². The van der Waals surface area contributed by atoms with Crippen molar-refractivity contribution in [3.63, 3.8) is 0 Å². The van der Waals surface area contributed by atoms with Crippen molar-refractivity contribution in [1.82, 2.24) is 4.90 Å². The fourth-order valence-electron chi connectivity index (χ4n) is 2.68. The maximum atomic E-state index is 13.0. The molecule has 5 nitrogen and oxygen atoms in total. The second-order valence-electron chi connectivity index (χ2n) is 5.72. The molecule has 0 aromatic heterocycles. The highest BCUT2D eigenvalue weighted by atomic mass is 19.1. The number of carbonyl (C=O) groups excluding carboxylic acids is 2. The number of carbonyl (C=O) groups is 2. The van der Waals surface area contributed by atoms with Gasteiger partial charge in [-0.25, -0.2) is 8.78 Å². The van der Waals surface area contributed by atoms with E-state index >= 15 is 0 Å². The fraction of sp³-hybridized carbons (Fsp3) is 0.222. The molecule has 1 N–H and O–H groups in total. The molecule has 0 unspecified atom stereocenters. The molecule has 2 amide bonds. The zero-order chi connectivity index (χ0) is 17.8. The summed E-state index contributed by atoms with van der Waals surface area (Å²) in [6.07, 6.45) is 0. The zero-order valence-electron chi connectivity index (χ0n) is 13.4. The molecule has 1 heterocycles. The summed E-state index contributed by atoms with van der Waals surface area (Å²) < 4.78 is 25.8. The van der Waals surface area contributed by atoms with Gasteiger partial charge in [-0.2, -0.15) is 0 Å². The van der Waals surface area contributed by atoms with Gasteiger partial charge in [-0.15, -0.1) is 0 Å². The molecule has 7 heteroatoms. The number of benzene rings is 2. The third-order valence-electron chi connectivity index (χ3n) is 4.05. The smallest absolute Gasteiger partial charge is 0.313 e. The van der Waals surface area contributed by atoms with Gasteiger partial charge < -0.3 is 15.1 Å². The van der Waals surface area contributed by atoms with E-state index in [-0.39, 0.29) is 5.82 Å². The third-order valence-corrected chi connectivity index (χ3v) is 4.05. The average Bonchev–Trinajstić information content (AvgIpc) is 2.64. The minimum atomic E-state index is -0.748. The van der Waals surface area contributed by atoms with Crippen molar-refractivity contribution in [3.05, 3.63) is 60.2 Å². The molecular formula is C18H17F2N3O2. The highest BCUT2D eigenvalue weighted by Gasteiger charge is 2.26. The van der Waals surface area contributed by atoms with E-state index in [2.05, 4.69) is 5.32 Å². The van der Waals surface area contributed by atoms with E-state index in [0.717, 1.165) is 5.69 Å². The van der Waals surface area contributed by atoms with E-state index in [4.69, 9.17) is 0 Å². The number of nitrogens with zero attached hydrogens (tertiary/aromatic N) is 2. The summed E-state index contributed by atoms with van der Waals surface area (Å²) in [6.45, 7) is 1.91. The molecule has 0 spiro atoms. The topological polar surface area (TPSA) is 52.7 Å². The molecule has 1 saturated heterocycles. The quantitative estimate of drug-likeness (QED) is 0.850. The number of hydrogen-bond donors (Lipinski definition) is 1. The maximum Gasteiger partial charge on any atom is 0.313 e. The van der Waals surface area contributed by atoms with Crippen molar-refractivity contribution in [2.75, 3.05) is 36.4 Å². The van der Waals surface area contributed by atoms with E-state index in [0.29, 0.717) is 31.9 Å². The van der Waals surface area contributed by atoms with Crippen LogP contribution in [0.3, 0.4) is 0 Å². The highest BCUT2D eigenvalue weighted by molar-refractivity contribution is 6.39. The first-order chi connectivity index (χ1) is 12.0. The number of amides is 2. The van der Waals surface area contributed by atoms with Crippen molar-refractivity contribution in [2.45, 2.75) is 0 Å². The molecule has 0 saturated carbocycles. The zero-order valence-corrected chi connectivity index (χ0v) is 13.4. The van der Waals surface area contributed by atoms with Gasteiger partial charge in [0, 0.05) is 37.6 Å². The van der Waals surface area contributed by atoms with Crippen LogP contribution in [0.5, 0.6) is 0 Å². The molecule has 0 atom stereocenters. The molecule has 2 aromatic rings. The van der Waals surface area contributed by atoms with E-state index in [1.54, 1.807) is 12.1 Å². The highest BCUT2D eigenvalue weighted by Crippen LogP contribution is 2.17. The van der Waals surface area contributed by atoms with Gasteiger partial charge in [0.25, 0.3) is 0 Å². The first-order valence-electron chi connectivity index (χ1n) is 7.89. The molecule has 25 heavy (non-hydrogen) atoms. The summed E-state index contributed by atoms with van der Waals surface area (Å²) in [6, 6.07) is 11.4. The molecule has 1 fully saturated rings. The molecule has 0 radical (unpaired) electrons. The Balaban J connectivity index is 1.54. The van der Waals surface area contributed by atoms with Crippen molar-refractivity contribution in [1.29, 1.82) is 0 Å². The minimum absolute atomic E-state index is 0.296. The van der Waals surface area contributed by atoms with Crippen LogP contribution in [0.25, 0.3) is 0 Å². The van der Waals surface area contributed by atoms with E-state index in [9.17, 15) is 18.4 Å². The number of anilines is 2. The lowest BCUT2D eigenvalue weighted by Gasteiger charge is -2.35. The van der Waals surface area contributed by atoms with Crippen molar-refractivity contribution < 1.29 is 18.4 Å². The van der Waals surface area contributed by atoms with E-state index in [1.165, 1.54) is 41.3 Å². The van der Waals surface area contributed by atoms with Crippen LogP contribution in [0.4, 0.5) is 20.2 Å². The number of nitrogens with one attached hydrogen (secondary N) is 1. The number of halogens is 2. The third kappa shape index (κ3) is 4.12. The summed E-state index contributed by atoms with van der Waals surface area (Å²) in [5.41, 5.74) is 1.24. The summed E-state index contributed by atoms with van der Waals surface area (Å²) in [7, 11) is 0. The summed E-state index contributed by atoms with van der Waals surface area (Å²) in [5, 5.41) is 2.46. The average molecular weight is 345 g/mol. The van der Waals surface area contributed by atoms with Crippen molar-refractivity contribution in [2.24, 2.45) is 0 Å². The number of rotatable bonds is 2. The Morgan fingerprint density at radius 1 is 0.800 bits per heavy atom. The lowest BCUT2D eigenvalue weighted by atomic mass is 10.2. The Kier molecular flexibility index (Phi) is 4.92. The predicted molar refractivity (Wildman–Crippen MR) is 90.2 cm³/mol. The van der Waals surface area contributed by atoms with Crippen LogP contribution in [0.15, 0.2) is 48.5 Å².